The summed E-state index contributed by atoms with van der Waals surface area (Å²) in [6.45, 7) is 0. The molecule has 1 spiro atoms. The molecule has 1 aromatic heterocycles. The maximum Gasteiger partial charge on any atom is 0.0726 e. The minimum Gasteiger partial charge on any atom is -0.256 e. The van der Waals surface area contributed by atoms with Crippen molar-refractivity contribution >= 4 is 10.8 Å². The molecule has 0 saturated carbocycles. The van der Waals surface area contributed by atoms with E-state index in [2.05, 4.69) is 152 Å². The molecule has 0 unspecified atom stereocenters. The molecule has 190 valence electrons. The lowest BCUT2D eigenvalue weighted by Crippen LogP contribution is -2.25. The van der Waals surface area contributed by atoms with Crippen LogP contribution < -0.4 is 0 Å². The van der Waals surface area contributed by atoms with Gasteiger partial charge in [-0.25, -0.2) is 0 Å². The Morgan fingerprint density at radius 3 is 1.54 bits per heavy atom. The molecule has 0 saturated heterocycles. The molecule has 2 aliphatic carbocycles. The van der Waals surface area contributed by atoms with Gasteiger partial charge in [-0.2, -0.15) is 0 Å². The van der Waals surface area contributed by atoms with Crippen molar-refractivity contribution in [1.82, 2.24) is 4.98 Å². The molecule has 6 aromatic carbocycles. The molecular formula is C40H25N. The fourth-order valence-corrected chi connectivity index (χ4v) is 7.35. The Kier molecular flexibility index (Phi) is 4.60. The van der Waals surface area contributed by atoms with Gasteiger partial charge in [0.1, 0.15) is 0 Å². The number of nitrogens with zero attached hydrogens (tertiary/aromatic N) is 1. The van der Waals surface area contributed by atoms with Crippen molar-refractivity contribution in [3.05, 3.63) is 174 Å². The minimum atomic E-state index is -0.345. The number of benzene rings is 6. The molecule has 9 rings (SSSR count). The molecule has 2 aliphatic rings. The molecule has 1 nitrogen and oxygen atoms in total. The fourth-order valence-electron chi connectivity index (χ4n) is 7.35. The van der Waals surface area contributed by atoms with Crippen LogP contribution in [-0.4, -0.2) is 4.98 Å². The molecule has 0 N–H and O–H groups in total. The van der Waals surface area contributed by atoms with Crippen molar-refractivity contribution in [2.24, 2.45) is 0 Å². The molecule has 0 radical (unpaired) electrons. The van der Waals surface area contributed by atoms with Crippen molar-refractivity contribution in [2.75, 3.05) is 0 Å². The first-order chi connectivity index (χ1) is 20.3. The van der Waals surface area contributed by atoms with Crippen LogP contribution in [0.15, 0.2) is 152 Å². The zero-order valence-corrected chi connectivity index (χ0v) is 22.4. The summed E-state index contributed by atoms with van der Waals surface area (Å²) in [5.41, 5.74) is 14.8. The first kappa shape index (κ1) is 22.5. The Bertz CT molecular complexity index is 2090. The normalized spacial score (nSPS) is 13.6. The summed E-state index contributed by atoms with van der Waals surface area (Å²) < 4.78 is 0. The molecule has 0 amide bonds. The molecule has 41 heavy (non-hydrogen) atoms. The smallest absolute Gasteiger partial charge is 0.0726 e. The molecular weight excluding hydrogens is 494 g/mol. The Balaban J connectivity index is 1.22. The van der Waals surface area contributed by atoms with Crippen LogP contribution in [0.25, 0.3) is 55.4 Å². The van der Waals surface area contributed by atoms with E-state index in [1.165, 1.54) is 66.4 Å². The van der Waals surface area contributed by atoms with Gasteiger partial charge in [0.05, 0.1) is 11.1 Å². The van der Waals surface area contributed by atoms with Crippen molar-refractivity contribution in [3.8, 4) is 44.6 Å². The predicted octanol–water partition coefficient (Wildman–Crippen LogP) is 9.91. The maximum absolute atomic E-state index is 5.03. The third-order valence-corrected chi connectivity index (χ3v) is 9.14. The first-order valence-corrected chi connectivity index (χ1v) is 14.2. The largest absolute Gasteiger partial charge is 0.256 e. The predicted molar refractivity (Wildman–Crippen MR) is 169 cm³/mol. The number of hydrogen-bond donors (Lipinski definition) is 0. The van der Waals surface area contributed by atoms with Crippen LogP contribution in [-0.2, 0) is 5.41 Å². The average Bonchev–Trinajstić information content (AvgIpc) is 3.52. The number of aromatic nitrogens is 1. The number of fused-ring (bicyclic) bond motifs is 11. The van der Waals surface area contributed by atoms with Gasteiger partial charge in [0.2, 0.25) is 0 Å². The topological polar surface area (TPSA) is 12.9 Å². The van der Waals surface area contributed by atoms with Crippen LogP contribution in [0.1, 0.15) is 22.3 Å². The van der Waals surface area contributed by atoms with Gasteiger partial charge >= 0.3 is 0 Å². The molecule has 7 aromatic rings. The molecule has 0 bridgehead atoms. The summed E-state index contributed by atoms with van der Waals surface area (Å²) in [5.74, 6) is 0. The van der Waals surface area contributed by atoms with Gasteiger partial charge in [0, 0.05) is 17.3 Å². The standard InChI is InChI=1S/C40H25N/c1-2-10-29-23-30(22-19-26(29)9-1)27-17-20-28(21-18-27)39-24-38-34(25-41-39)33-13-5-8-16-37(33)40(38)35-14-6-3-11-31(35)32-12-4-7-15-36(32)40/h1-25H. The zero-order valence-electron chi connectivity index (χ0n) is 22.4. The second-order valence-electron chi connectivity index (χ2n) is 11.1. The maximum atomic E-state index is 5.03. The van der Waals surface area contributed by atoms with E-state index in [4.69, 9.17) is 4.98 Å². The lowest BCUT2D eigenvalue weighted by Gasteiger charge is -2.30. The third kappa shape index (κ3) is 3.03. The summed E-state index contributed by atoms with van der Waals surface area (Å²) >= 11 is 0. The SMILES string of the molecule is c1ccc2c(c1)-c1ccccc1C21c2ccccc2-c2cnc(-c3ccc(-c4ccc5ccccc5c4)cc3)cc21. The van der Waals surface area contributed by atoms with Crippen molar-refractivity contribution in [2.45, 2.75) is 5.41 Å². The van der Waals surface area contributed by atoms with Gasteiger partial charge < -0.3 is 0 Å². The van der Waals surface area contributed by atoms with Crippen LogP contribution in [0, 0.1) is 0 Å². The Morgan fingerprint density at radius 1 is 0.366 bits per heavy atom. The summed E-state index contributed by atoms with van der Waals surface area (Å²) in [7, 11) is 0. The highest BCUT2D eigenvalue weighted by atomic mass is 14.7. The van der Waals surface area contributed by atoms with Gasteiger partial charge in [-0.15, -0.1) is 0 Å². The van der Waals surface area contributed by atoms with E-state index in [1.807, 2.05) is 0 Å². The molecule has 0 atom stereocenters. The van der Waals surface area contributed by atoms with E-state index in [1.54, 1.807) is 0 Å². The summed E-state index contributed by atoms with van der Waals surface area (Å²) in [5, 5.41) is 2.52. The highest BCUT2D eigenvalue weighted by Crippen LogP contribution is 2.62. The molecule has 0 aliphatic heterocycles. The van der Waals surface area contributed by atoms with Crippen LogP contribution in [0.2, 0.25) is 0 Å². The monoisotopic (exact) mass is 519 g/mol. The van der Waals surface area contributed by atoms with Gasteiger partial charge in [0.15, 0.2) is 0 Å². The highest BCUT2D eigenvalue weighted by molar-refractivity contribution is 5.95. The number of hydrogen-bond acceptors (Lipinski definition) is 1. The van der Waals surface area contributed by atoms with Crippen molar-refractivity contribution in [3.63, 3.8) is 0 Å². The van der Waals surface area contributed by atoms with Gasteiger partial charge in [-0.1, -0.05) is 133 Å². The lowest BCUT2D eigenvalue weighted by atomic mass is 9.70. The van der Waals surface area contributed by atoms with E-state index >= 15 is 0 Å². The zero-order chi connectivity index (χ0) is 27.0. The van der Waals surface area contributed by atoms with Crippen LogP contribution >= 0.6 is 0 Å². The Hall–Kier alpha value is -5.27. The van der Waals surface area contributed by atoms with Gasteiger partial charge in [-0.05, 0) is 73.0 Å². The van der Waals surface area contributed by atoms with E-state index in [9.17, 15) is 0 Å². The van der Waals surface area contributed by atoms with Crippen LogP contribution in [0.5, 0.6) is 0 Å². The van der Waals surface area contributed by atoms with Crippen LogP contribution in [0.3, 0.4) is 0 Å². The fraction of sp³-hybridized carbons (Fsp3) is 0.0250. The van der Waals surface area contributed by atoms with E-state index < -0.39 is 0 Å². The quantitative estimate of drug-likeness (QED) is 0.221. The number of rotatable bonds is 2. The van der Waals surface area contributed by atoms with E-state index in [0.717, 1.165) is 11.3 Å². The second-order valence-corrected chi connectivity index (χ2v) is 11.1. The molecule has 1 heteroatoms. The third-order valence-electron chi connectivity index (χ3n) is 9.14. The summed E-state index contributed by atoms with van der Waals surface area (Å²) in [6.07, 6.45) is 2.10. The van der Waals surface area contributed by atoms with Crippen molar-refractivity contribution in [1.29, 1.82) is 0 Å². The van der Waals surface area contributed by atoms with E-state index in [-0.39, 0.29) is 5.41 Å². The van der Waals surface area contributed by atoms with Gasteiger partial charge in [0.25, 0.3) is 0 Å². The summed E-state index contributed by atoms with van der Waals surface area (Å²) in [6, 6.07) is 53.2. The highest BCUT2D eigenvalue weighted by Gasteiger charge is 2.51. The Morgan fingerprint density at radius 2 is 0.878 bits per heavy atom. The summed E-state index contributed by atoms with van der Waals surface area (Å²) in [4.78, 5) is 5.03. The second kappa shape index (κ2) is 8.36. The van der Waals surface area contributed by atoms with E-state index in [0.29, 0.717) is 0 Å². The Labute approximate surface area is 239 Å². The van der Waals surface area contributed by atoms with Gasteiger partial charge in [-0.3, -0.25) is 4.98 Å². The minimum absolute atomic E-state index is 0.345. The lowest BCUT2D eigenvalue weighted by molar-refractivity contribution is 0.792. The van der Waals surface area contributed by atoms with Crippen LogP contribution in [0.4, 0.5) is 0 Å². The number of pyridine rings is 1. The average molecular weight is 520 g/mol. The van der Waals surface area contributed by atoms with Crippen molar-refractivity contribution < 1.29 is 0 Å². The first-order valence-electron chi connectivity index (χ1n) is 14.2. The molecule has 1 heterocycles. The molecule has 0 fully saturated rings.